The predicted octanol–water partition coefficient (Wildman–Crippen LogP) is 0.479. The van der Waals surface area contributed by atoms with Gasteiger partial charge in [0.1, 0.15) is 13.1 Å². The lowest BCUT2D eigenvalue weighted by Crippen LogP contribution is -2.48. The third kappa shape index (κ3) is 2.40. The van der Waals surface area contributed by atoms with E-state index in [1.165, 1.54) is 11.3 Å². The highest BCUT2D eigenvalue weighted by Gasteiger charge is 2.32. The van der Waals surface area contributed by atoms with Crippen LogP contribution in [-0.4, -0.2) is 35.8 Å². The van der Waals surface area contributed by atoms with Crippen LogP contribution in [0.1, 0.15) is 32.1 Å². The zero-order chi connectivity index (χ0) is 11.5. The first-order valence-electron chi connectivity index (χ1n) is 5.69. The smallest absolute Gasteiger partial charge is 0.333 e. The van der Waals surface area contributed by atoms with Crippen molar-refractivity contribution in [2.24, 2.45) is 5.92 Å². The molecule has 88 valence electrons. The summed E-state index contributed by atoms with van der Waals surface area (Å²) in [4.78, 5) is 35.4. The van der Waals surface area contributed by atoms with Crippen molar-refractivity contribution < 1.29 is 19.1 Å². The minimum absolute atomic E-state index is 0.00699. The Balaban J connectivity index is 1.97. The van der Waals surface area contributed by atoms with Crippen LogP contribution >= 0.6 is 0 Å². The monoisotopic (exact) mass is 225 g/mol. The van der Waals surface area contributed by atoms with Gasteiger partial charge in [0.05, 0.1) is 0 Å². The number of cyclic esters (lactones) is 2. The molecule has 2 fully saturated rings. The van der Waals surface area contributed by atoms with Gasteiger partial charge in [0.25, 0.3) is 0 Å². The maximum absolute atomic E-state index is 12.0. The Kier molecular flexibility index (Phi) is 3.22. The lowest BCUT2D eigenvalue weighted by atomic mass is 9.88. The number of carbonyl (C=O) groups excluding carboxylic acids is 3. The highest BCUT2D eigenvalue weighted by molar-refractivity contribution is 5.95. The first kappa shape index (κ1) is 11.1. The third-order valence-corrected chi connectivity index (χ3v) is 3.13. The van der Waals surface area contributed by atoms with E-state index in [1.807, 2.05) is 0 Å². The molecule has 0 unspecified atom stereocenters. The molecule has 0 aromatic heterocycles. The van der Waals surface area contributed by atoms with E-state index in [0.29, 0.717) is 0 Å². The highest BCUT2D eigenvalue weighted by Crippen LogP contribution is 2.25. The highest BCUT2D eigenvalue weighted by atomic mass is 16.6. The van der Waals surface area contributed by atoms with Crippen molar-refractivity contribution in [3.05, 3.63) is 0 Å². The maximum atomic E-state index is 12.0. The quantitative estimate of drug-likeness (QED) is 0.481. The largest absolute Gasteiger partial charge is 0.390 e. The average molecular weight is 225 g/mol. The number of amides is 1. The summed E-state index contributed by atoms with van der Waals surface area (Å²) in [6, 6.07) is 0. The van der Waals surface area contributed by atoms with Gasteiger partial charge < -0.3 is 9.64 Å². The first-order valence-corrected chi connectivity index (χ1v) is 5.69. The van der Waals surface area contributed by atoms with Crippen molar-refractivity contribution in [1.29, 1.82) is 0 Å². The summed E-state index contributed by atoms with van der Waals surface area (Å²) < 4.78 is 4.38. The van der Waals surface area contributed by atoms with E-state index in [4.69, 9.17) is 0 Å². The minimum atomic E-state index is -0.625. The number of morpholine rings is 1. The molecule has 0 radical (unpaired) electrons. The Morgan fingerprint density at radius 3 is 2.19 bits per heavy atom. The summed E-state index contributed by atoms with van der Waals surface area (Å²) in [6.07, 6.45) is 5.03. The fourth-order valence-corrected chi connectivity index (χ4v) is 2.32. The number of carbonyl (C=O) groups is 3. The van der Waals surface area contributed by atoms with E-state index in [1.54, 1.807) is 0 Å². The van der Waals surface area contributed by atoms with Gasteiger partial charge in [-0.3, -0.25) is 4.79 Å². The Morgan fingerprint density at radius 1 is 1.06 bits per heavy atom. The van der Waals surface area contributed by atoms with Crippen LogP contribution in [0.5, 0.6) is 0 Å². The molecule has 1 aliphatic heterocycles. The molecule has 5 nitrogen and oxygen atoms in total. The van der Waals surface area contributed by atoms with Crippen molar-refractivity contribution >= 4 is 17.8 Å². The molecule has 0 atom stereocenters. The van der Waals surface area contributed by atoms with Gasteiger partial charge in [0.15, 0.2) is 0 Å². The number of esters is 2. The number of hydrogen-bond acceptors (Lipinski definition) is 4. The second-order valence-corrected chi connectivity index (χ2v) is 4.38. The third-order valence-electron chi connectivity index (χ3n) is 3.13. The summed E-state index contributed by atoms with van der Waals surface area (Å²) in [5.41, 5.74) is 0. The molecule has 0 spiro atoms. The Morgan fingerprint density at radius 2 is 1.62 bits per heavy atom. The summed E-state index contributed by atoms with van der Waals surface area (Å²) in [5, 5.41) is 0. The average Bonchev–Trinajstić information content (AvgIpc) is 2.28. The van der Waals surface area contributed by atoms with Gasteiger partial charge in [-0.2, -0.15) is 0 Å². The molecule has 5 heteroatoms. The summed E-state index contributed by atoms with van der Waals surface area (Å²) >= 11 is 0. The van der Waals surface area contributed by atoms with Crippen LogP contribution in [0.2, 0.25) is 0 Å². The zero-order valence-corrected chi connectivity index (χ0v) is 9.11. The lowest BCUT2D eigenvalue weighted by molar-refractivity contribution is -0.171. The molecule has 0 aromatic rings. The van der Waals surface area contributed by atoms with Gasteiger partial charge >= 0.3 is 11.9 Å². The van der Waals surface area contributed by atoms with Crippen molar-refractivity contribution in [3.63, 3.8) is 0 Å². The van der Waals surface area contributed by atoms with Gasteiger partial charge in [0.2, 0.25) is 5.91 Å². The molecule has 1 heterocycles. The zero-order valence-electron chi connectivity index (χ0n) is 9.11. The topological polar surface area (TPSA) is 63.7 Å². The number of rotatable bonds is 1. The van der Waals surface area contributed by atoms with E-state index >= 15 is 0 Å². The van der Waals surface area contributed by atoms with Gasteiger partial charge in [0, 0.05) is 5.92 Å². The molecule has 0 aromatic carbocycles. The summed E-state index contributed by atoms with van der Waals surface area (Å²) in [7, 11) is 0. The van der Waals surface area contributed by atoms with Crippen LogP contribution in [0.3, 0.4) is 0 Å². The standard InChI is InChI=1S/C11H15NO4/c13-9-6-12(7-10(14)16-9)11(15)8-4-2-1-3-5-8/h8H,1-7H2. The molecule has 1 amide bonds. The van der Waals surface area contributed by atoms with E-state index in [9.17, 15) is 14.4 Å². The van der Waals surface area contributed by atoms with Gasteiger partial charge in [-0.1, -0.05) is 19.3 Å². The molecule has 1 saturated heterocycles. The van der Waals surface area contributed by atoms with Crippen LogP contribution in [0.15, 0.2) is 0 Å². The molecule has 2 rings (SSSR count). The van der Waals surface area contributed by atoms with Crippen molar-refractivity contribution in [3.8, 4) is 0 Å². The van der Waals surface area contributed by atoms with Crippen molar-refractivity contribution in [2.75, 3.05) is 13.1 Å². The molecule has 0 bridgehead atoms. The van der Waals surface area contributed by atoms with E-state index in [0.717, 1.165) is 25.7 Å². The summed E-state index contributed by atoms with van der Waals surface area (Å²) in [6.45, 7) is -0.165. The maximum Gasteiger partial charge on any atom is 0.333 e. The van der Waals surface area contributed by atoms with Gasteiger partial charge in [-0.15, -0.1) is 0 Å². The summed E-state index contributed by atoms with van der Waals surface area (Å²) in [5.74, 6) is -1.32. The number of ether oxygens (including phenoxy) is 1. The second kappa shape index (κ2) is 4.63. The van der Waals surface area contributed by atoms with Gasteiger partial charge in [-0.25, -0.2) is 9.59 Å². The van der Waals surface area contributed by atoms with Gasteiger partial charge in [-0.05, 0) is 12.8 Å². The molecule has 1 aliphatic carbocycles. The fraction of sp³-hybridized carbons (Fsp3) is 0.727. The molecular weight excluding hydrogens is 210 g/mol. The molecule has 0 N–H and O–H groups in total. The van der Waals surface area contributed by atoms with E-state index in [-0.39, 0.29) is 24.9 Å². The lowest BCUT2D eigenvalue weighted by Gasteiger charge is -2.29. The van der Waals surface area contributed by atoms with Crippen molar-refractivity contribution in [1.82, 2.24) is 4.90 Å². The minimum Gasteiger partial charge on any atom is -0.390 e. The SMILES string of the molecule is O=C1CN(C(=O)C2CCCCC2)CC(=O)O1. The first-order chi connectivity index (χ1) is 7.66. The predicted molar refractivity (Wildman–Crippen MR) is 54.3 cm³/mol. The Hall–Kier alpha value is -1.39. The van der Waals surface area contributed by atoms with Crippen molar-refractivity contribution in [2.45, 2.75) is 32.1 Å². The molecular formula is C11H15NO4. The van der Waals surface area contributed by atoms with Crippen LogP contribution in [0, 0.1) is 5.92 Å². The van der Waals surface area contributed by atoms with Crippen LogP contribution < -0.4 is 0 Å². The number of nitrogens with zero attached hydrogens (tertiary/aromatic N) is 1. The van der Waals surface area contributed by atoms with Crippen LogP contribution in [0.4, 0.5) is 0 Å². The Bertz CT molecular complexity index is 304. The van der Waals surface area contributed by atoms with E-state index < -0.39 is 11.9 Å². The van der Waals surface area contributed by atoms with E-state index in [2.05, 4.69) is 4.74 Å². The molecule has 16 heavy (non-hydrogen) atoms. The van der Waals surface area contributed by atoms with Crippen LogP contribution in [-0.2, 0) is 19.1 Å². The van der Waals surface area contributed by atoms with Crippen LogP contribution in [0.25, 0.3) is 0 Å². The Labute approximate surface area is 93.7 Å². The number of hydrogen-bond donors (Lipinski definition) is 0. The normalized spacial score (nSPS) is 23.1. The second-order valence-electron chi connectivity index (χ2n) is 4.38. The fourth-order valence-electron chi connectivity index (χ4n) is 2.32. The molecule has 2 aliphatic rings. The molecule has 1 saturated carbocycles.